The molecule has 1 aliphatic rings. The van der Waals surface area contributed by atoms with Gasteiger partial charge in [0.25, 0.3) is 0 Å². The van der Waals surface area contributed by atoms with Gasteiger partial charge >= 0.3 is 0 Å². The Morgan fingerprint density at radius 3 is 2.44 bits per heavy atom. The molecule has 0 atom stereocenters. The number of hydrogen-bond donors (Lipinski definition) is 0. The van der Waals surface area contributed by atoms with Gasteiger partial charge < -0.3 is 4.74 Å². The zero-order valence-electron chi connectivity index (χ0n) is 14.5. The van der Waals surface area contributed by atoms with Crippen LogP contribution in [0.3, 0.4) is 0 Å². The summed E-state index contributed by atoms with van der Waals surface area (Å²) in [5.74, 6) is 1.66. The van der Waals surface area contributed by atoms with Gasteiger partial charge in [0.15, 0.2) is 0 Å². The van der Waals surface area contributed by atoms with Crippen LogP contribution in [0, 0.1) is 0 Å². The number of allylic oxidation sites excluding steroid dienone is 1. The summed E-state index contributed by atoms with van der Waals surface area (Å²) in [6.07, 6.45) is 6.40. The molecule has 4 heteroatoms. The molecule has 0 aromatic heterocycles. The lowest BCUT2D eigenvalue weighted by atomic mass is 10.1. The number of likely N-dealkylation sites (tertiary alicyclic amines) is 1. The van der Waals surface area contributed by atoms with Gasteiger partial charge in [-0.05, 0) is 90.3 Å². The van der Waals surface area contributed by atoms with Gasteiger partial charge in [-0.2, -0.15) is 0 Å². The lowest BCUT2D eigenvalue weighted by Gasteiger charge is -2.25. The molecule has 132 valence electrons. The number of hydrogen-bond acceptors (Lipinski definition) is 2. The van der Waals surface area contributed by atoms with Crippen LogP contribution in [0.2, 0.25) is 0 Å². The van der Waals surface area contributed by atoms with Crippen LogP contribution in [-0.4, -0.2) is 24.5 Å². The molecular weight excluding hydrogens is 442 g/mol. The van der Waals surface area contributed by atoms with Crippen LogP contribution in [0.15, 0.2) is 57.5 Å². The molecule has 1 fully saturated rings. The molecule has 0 aliphatic carbocycles. The van der Waals surface area contributed by atoms with Crippen molar-refractivity contribution < 1.29 is 4.74 Å². The molecule has 1 aliphatic heterocycles. The third-order valence-electron chi connectivity index (χ3n) is 4.54. The van der Waals surface area contributed by atoms with Crippen LogP contribution < -0.4 is 4.74 Å². The summed E-state index contributed by atoms with van der Waals surface area (Å²) in [5.41, 5.74) is 2.57. The number of rotatable bonds is 5. The minimum Gasteiger partial charge on any atom is -0.456 e. The van der Waals surface area contributed by atoms with Crippen molar-refractivity contribution in [2.45, 2.75) is 26.2 Å². The fraction of sp³-hybridized carbons (Fsp3) is 0.333. The first-order chi connectivity index (χ1) is 12.1. The van der Waals surface area contributed by atoms with Crippen molar-refractivity contribution in [1.82, 2.24) is 4.90 Å². The minimum absolute atomic E-state index is 0.813. The van der Waals surface area contributed by atoms with Gasteiger partial charge in [0.1, 0.15) is 11.5 Å². The Bertz CT molecular complexity index is 734. The molecule has 2 aromatic carbocycles. The van der Waals surface area contributed by atoms with Crippen molar-refractivity contribution in [3.05, 3.63) is 63.0 Å². The first kappa shape index (κ1) is 18.7. The first-order valence-electron chi connectivity index (χ1n) is 8.74. The molecule has 0 bridgehead atoms. The highest BCUT2D eigenvalue weighted by atomic mass is 79.9. The van der Waals surface area contributed by atoms with Crippen molar-refractivity contribution in [3.8, 4) is 11.5 Å². The molecule has 0 radical (unpaired) electrons. The maximum atomic E-state index is 5.96. The van der Waals surface area contributed by atoms with E-state index in [1.54, 1.807) is 0 Å². The van der Waals surface area contributed by atoms with E-state index in [4.69, 9.17) is 4.74 Å². The van der Waals surface area contributed by atoms with Crippen LogP contribution in [0.4, 0.5) is 0 Å². The van der Waals surface area contributed by atoms with E-state index >= 15 is 0 Å². The van der Waals surface area contributed by atoms with E-state index in [2.05, 4.69) is 61.9 Å². The van der Waals surface area contributed by atoms with Crippen LogP contribution >= 0.6 is 31.9 Å². The molecule has 0 spiro atoms. The average molecular weight is 465 g/mol. The summed E-state index contributed by atoms with van der Waals surface area (Å²) in [5, 5.41) is 0. The molecule has 1 heterocycles. The third-order valence-corrected chi connectivity index (χ3v) is 5.65. The fourth-order valence-electron chi connectivity index (χ4n) is 3.00. The zero-order chi connectivity index (χ0) is 17.6. The molecule has 2 aromatic rings. The molecular formula is C21H23Br2NO. The number of benzene rings is 2. The van der Waals surface area contributed by atoms with Crippen molar-refractivity contribution >= 4 is 37.4 Å². The first-order valence-corrected chi connectivity index (χ1v) is 10.3. The second-order valence-electron chi connectivity index (χ2n) is 6.45. The van der Waals surface area contributed by atoms with Gasteiger partial charge in [0.05, 0.1) is 4.47 Å². The molecule has 1 saturated heterocycles. The predicted octanol–water partition coefficient (Wildman–Crippen LogP) is 6.89. The summed E-state index contributed by atoms with van der Waals surface area (Å²) in [6.45, 7) is 5.71. The van der Waals surface area contributed by atoms with Gasteiger partial charge in [0, 0.05) is 11.0 Å². The molecule has 0 saturated carbocycles. The Morgan fingerprint density at radius 2 is 1.76 bits per heavy atom. The maximum Gasteiger partial charge on any atom is 0.141 e. The Hall–Kier alpha value is -1.10. The molecule has 25 heavy (non-hydrogen) atoms. The average Bonchev–Trinajstić information content (AvgIpc) is 2.63. The number of ether oxygens (including phenoxy) is 1. The second-order valence-corrected chi connectivity index (χ2v) is 8.22. The van der Waals surface area contributed by atoms with Gasteiger partial charge in [-0.1, -0.05) is 40.6 Å². The van der Waals surface area contributed by atoms with Gasteiger partial charge in [0.2, 0.25) is 0 Å². The predicted molar refractivity (Wildman–Crippen MR) is 112 cm³/mol. The fourth-order valence-corrected chi connectivity index (χ4v) is 4.12. The lowest BCUT2D eigenvalue weighted by Crippen LogP contribution is -2.29. The van der Waals surface area contributed by atoms with Gasteiger partial charge in [-0.3, -0.25) is 4.90 Å². The van der Waals surface area contributed by atoms with Crippen molar-refractivity contribution in [1.29, 1.82) is 0 Å². The van der Waals surface area contributed by atoms with E-state index in [1.807, 2.05) is 30.3 Å². The SMILES string of the molecule is C/C(=C/CN1CCCCC1)c1ccc(Oc2ccc(Br)cc2Br)cc1. The van der Waals surface area contributed by atoms with E-state index in [0.717, 1.165) is 27.0 Å². The summed E-state index contributed by atoms with van der Waals surface area (Å²) in [4.78, 5) is 2.54. The number of halogens is 2. The van der Waals surface area contributed by atoms with Crippen molar-refractivity contribution in [3.63, 3.8) is 0 Å². The van der Waals surface area contributed by atoms with Crippen LogP contribution in [0.25, 0.3) is 5.57 Å². The molecule has 0 N–H and O–H groups in total. The smallest absolute Gasteiger partial charge is 0.141 e. The second kappa shape index (κ2) is 9.02. The monoisotopic (exact) mass is 463 g/mol. The highest BCUT2D eigenvalue weighted by Gasteiger charge is 2.08. The van der Waals surface area contributed by atoms with Crippen molar-refractivity contribution in [2.24, 2.45) is 0 Å². The third kappa shape index (κ3) is 5.44. The quantitative estimate of drug-likeness (QED) is 0.477. The molecule has 2 nitrogen and oxygen atoms in total. The van der Waals surface area contributed by atoms with Gasteiger partial charge in [-0.25, -0.2) is 0 Å². The minimum atomic E-state index is 0.813. The Labute approximate surface area is 167 Å². The molecule has 0 unspecified atom stereocenters. The number of nitrogens with zero attached hydrogens (tertiary/aromatic N) is 1. The molecule has 3 rings (SSSR count). The normalized spacial score (nSPS) is 16.0. The van der Waals surface area contributed by atoms with E-state index in [1.165, 1.54) is 43.5 Å². The van der Waals surface area contributed by atoms with E-state index in [-0.39, 0.29) is 0 Å². The van der Waals surface area contributed by atoms with Crippen LogP contribution in [-0.2, 0) is 0 Å². The van der Waals surface area contributed by atoms with E-state index in [0.29, 0.717) is 0 Å². The summed E-state index contributed by atoms with van der Waals surface area (Å²) in [7, 11) is 0. The maximum absolute atomic E-state index is 5.96. The Kier molecular flexibility index (Phi) is 6.74. The Balaban J connectivity index is 1.62. The van der Waals surface area contributed by atoms with Gasteiger partial charge in [-0.15, -0.1) is 0 Å². The number of piperidine rings is 1. The summed E-state index contributed by atoms with van der Waals surface area (Å²) in [6, 6.07) is 14.2. The van der Waals surface area contributed by atoms with Crippen molar-refractivity contribution in [2.75, 3.05) is 19.6 Å². The lowest BCUT2D eigenvalue weighted by molar-refractivity contribution is 0.251. The standard InChI is InChI=1S/C21H23Br2NO/c1-16(11-14-24-12-3-2-4-13-24)17-5-8-19(9-6-17)25-21-10-7-18(22)15-20(21)23/h5-11,15H,2-4,12-14H2,1H3/b16-11-. The van der Waals surface area contributed by atoms with E-state index in [9.17, 15) is 0 Å². The van der Waals surface area contributed by atoms with Crippen LogP contribution in [0.1, 0.15) is 31.7 Å². The van der Waals surface area contributed by atoms with E-state index < -0.39 is 0 Å². The largest absolute Gasteiger partial charge is 0.456 e. The summed E-state index contributed by atoms with van der Waals surface area (Å²) < 4.78 is 7.92. The summed E-state index contributed by atoms with van der Waals surface area (Å²) >= 11 is 6.99. The highest BCUT2D eigenvalue weighted by molar-refractivity contribution is 9.11. The van der Waals surface area contributed by atoms with Crippen LogP contribution in [0.5, 0.6) is 11.5 Å². The Morgan fingerprint density at radius 1 is 1.04 bits per heavy atom. The molecule has 0 amide bonds. The zero-order valence-corrected chi connectivity index (χ0v) is 17.6. The topological polar surface area (TPSA) is 12.5 Å². The highest BCUT2D eigenvalue weighted by Crippen LogP contribution is 2.32.